The summed E-state index contributed by atoms with van der Waals surface area (Å²) in [5.41, 5.74) is 6.10. The van der Waals surface area contributed by atoms with Crippen LogP contribution >= 0.6 is 0 Å². The van der Waals surface area contributed by atoms with Gasteiger partial charge in [0.2, 0.25) is 0 Å². The lowest BCUT2D eigenvalue weighted by Crippen LogP contribution is -2.19. The maximum absolute atomic E-state index is 4.91. The highest BCUT2D eigenvalue weighted by Crippen LogP contribution is 2.36. The first kappa shape index (κ1) is 17.9. The number of nitrogens with zero attached hydrogens (tertiary/aromatic N) is 5. The fourth-order valence-electron chi connectivity index (χ4n) is 3.68. The van der Waals surface area contributed by atoms with Crippen molar-refractivity contribution in [2.45, 2.75) is 32.7 Å². The minimum atomic E-state index is 0.785. The molecule has 1 fully saturated rings. The van der Waals surface area contributed by atoms with Gasteiger partial charge in [-0.2, -0.15) is 5.10 Å². The quantitative estimate of drug-likeness (QED) is 0.426. The molecule has 146 valence electrons. The van der Waals surface area contributed by atoms with Crippen molar-refractivity contribution in [2.24, 2.45) is 5.92 Å². The molecule has 0 spiro atoms. The fourth-order valence-corrected chi connectivity index (χ4v) is 3.68. The fraction of sp³-hybridized carbons (Fsp3) is 0.292. The predicted molar refractivity (Wildman–Crippen MR) is 117 cm³/mol. The SMILES string of the molecule is CCCn1cc(-c2cnc3ccc(N(CC4CC4)c4ccccc4)cc3n2)cn1. The van der Waals surface area contributed by atoms with Crippen LogP contribution in [-0.4, -0.2) is 26.3 Å². The van der Waals surface area contributed by atoms with Crippen molar-refractivity contribution in [3.8, 4) is 11.3 Å². The van der Waals surface area contributed by atoms with Crippen LogP contribution in [0.2, 0.25) is 0 Å². The molecule has 5 nitrogen and oxygen atoms in total. The minimum Gasteiger partial charge on any atom is -0.341 e. The first-order chi connectivity index (χ1) is 14.3. The maximum Gasteiger partial charge on any atom is 0.0924 e. The zero-order valence-corrected chi connectivity index (χ0v) is 16.7. The molecule has 0 atom stereocenters. The standard InChI is InChI=1S/C24H25N5/c1-2-12-28-17-19(14-26-28)24-15-25-22-11-10-21(13-23(22)27-24)29(16-18-8-9-18)20-6-4-3-5-7-20/h3-7,10-11,13-15,17-18H,2,8-9,12,16H2,1H3. The van der Waals surface area contributed by atoms with Crippen molar-refractivity contribution in [3.05, 3.63) is 67.1 Å². The van der Waals surface area contributed by atoms with Gasteiger partial charge < -0.3 is 4.90 Å². The van der Waals surface area contributed by atoms with Gasteiger partial charge in [-0.15, -0.1) is 0 Å². The van der Waals surface area contributed by atoms with Crippen LogP contribution in [0, 0.1) is 5.92 Å². The highest BCUT2D eigenvalue weighted by Gasteiger charge is 2.25. The van der Waals surface area contributed by atoms with Gasteiger partial charge in [-0.1, -0.05) is 25.1 Å². The second-order valence-corrected chi connectivity index (χ2v) is 7.81. The van der Waals surface area contributed by atoms with Crippen molar-refractivity contribution < 1.29 is 0 Å². The molecule has 0 radical (unpaired) electrons. The van der Waals surface area contributed by atoms with Crippen molar-refractivity contribution in [2.75, 3.05) is 11.4 Å². The Labute approximate surface area is 171 Å². The monoisotopic (exact) mass is 383 g/mol. The van der Waals surface area contributed by atoms with E-state index in [4.69, 9.17) is 4.98 Å². The van der Waals surface area contributed by atoms with E-state index >= 15 is 0 Å². The van der Waals surface area contributed by atoms with Gasteiger partial charge in [0, 0.05) is 36.2 Å². The van der Waals surface area contributed by atoms with Crippen LogP contribution in [0.1, 0.15) is 26.2 Å². The molecule has 2 aromatic carbocycles. The van der Waals surface area contributed by atoms with E-state index in [1.165, 1.54) is 24.2 Å². The summed E-state index contributed by atoms with van der Waals surface area (Å²) in [6.07, 6.45) is 9.47. The van der Waals surface area contributed by atoms with Gasteiger partial charge in [-0.25, -0.2) is 4.98 Å². The largest absolute Gasteiger partial charge is 0.341 e. The van der Waals surface area contributed by atoms with Crippen molar-refractivity contribution >= 4 is 22.4 Å². The zero-order valence-electron chi connectivity index (χ0n) is 16.7. The van der Waals surface area contributed by atoms with Gasteiger partial charge in [0.05, 0.1) is 29.1 Å². The van der Waals surface area contributed by atoms with E-state index in [-0.39, 0.29) is 0 Å². The number of rotatable bonds is 7. The van der Waals surface area contributed by atoms with Crippen molar-refractivity contribution in [1.82, 2.24) is 19.7 Å². The number of benzene rings is 2. The lowest BCUT2D eigenvalue weighted by Gasteiger charge is -2.25. The number of anilines is 2. The molecule has 2 aromatic heterocycles. The molecule has 0 aliphatic heterocycles. The number of fused-ring (bicyclic) bond motifs is 1. The van der Waals surface area contributed by atoms with Gasteiger partial charge in [-0.05, 0) is 55.5 Å². The third-order valence-corrected chi connectivity index (χ3v) is 5.42. The second-order valence-electron chi connectivity index (χ2n) is 7.81. The van der Waals surface area contributed by atoms with Gasteiger partial charge in [0.25, 0.3) is 0 Å². The molecule has 5 rings (SSSR count). The van der Waals surface area contributed by atoms with E-state index in [2.05, 4.69) is 70.4 Å². The van der Waals surface area contributed by atoms with Crippen LogP contribution in [-0.2, 0) is 6.54 Å². The van der Waals surface area contributed by atoms with E-state index in [1.54, 1.807) is 0 Å². The predicted octanol–water partition coefficient (Wildman–Crippen LogP) is 5.45. The summed E-state index contributed by atoms with van der Waals surface area (Å²) in [7, 11) is 0. The molecule has 0 N–H and O–H groups in total. The molecule has 2 heterocycles. The molecular weight excluding hydrogens is 358 g/mol. The van der Waals surface area contributed by atoms with E-state index in [9.17, 15) is 0 Å². The van der Waals surface area contributed by atoms with E-state index < -0.39 is 0 Å². The summed E-state index contributed by atoms with van der Waals surface area (Å²) in [4.78, 5) is 12.0. The molecule has 1 aliphatic carbocycles. The summed E-state index contributed by atoms with van der Waals surface area (Å²) < 4.78 is 1.96. The molecule has 1 saturated carbocycles. The number of hydrogen-bond acceptors (Lipinski definition) is 4. The Morgan fingerprint density at radius 3 is 2.66 bits per heavy atom. The molecule has 29 heavy (non-hydrogen) atoms. The lowest BCUT2D eigenvalue weighted by molar-refractivity contribution is 0.603. The lowest BCUT2D eigenvalue weighted by atomic mass is 10.2. The summed E-state index contributed by atoms with van der Waals surface area (Å²) >= 11 is 0. The Kier molecular flexibility index (Phi) is 4.72. The molecular formula is C24H25N5. The van der Waals surface area contributed by atoms with Crippen LogP contribution in [0.5, 0.6) is 0 Å². The Morgan fingerprint density at radius 2 is 1.86 bits per heavy atom. The zero-order chi connectivity index (χ0) is 19.6. The van der Waals surface area contributed by atoms with Crippen molar-refractivity contribution in [3.63, 3.8) is 0 Å². The van der Waals surface area contributed by atoms with Crippen LogP contribution in [0.4, 0.5) is 11.4 Å². The highest BCUT2D eigenvalue weighted by atomic mass is 15.3. The third-order valence-electron chi connectivity index (χ3n) is 5.42. The average molecular weight is 383 g/mol. The number of aryl methyl sites for hydroxylation is 1. The molecule has 4 aromatic rings. The molecule has 0 amide bonds. The highest BCUT2D eigenvalue weighted by molar-refractivity contribution is 5.82. The first-order valence-electron chi connectivity index (χ1n) is 10.4. The van der Waals surface area contributed by atoms with Crippen LogP contribution < -0.4 is 4.90 Å². The molecule has 1 aliphatic rings. The Hall–Kier alpha value is -3.21. The summed E-state index contributed by atoms with van der Waals surface area (Å²) in [5, 5.41) is 4.43. The van der Waals surface area contributed by atoms with Crippen molar-refractivity contribution in [1.29, 1.82) is 0 Å². The number of aromatic nitrogens is 4. The smallest absolute Gasteiger partial charge is 0.0924 e. The van der Waals surface area contributed by atoms with Crippen LogP contribution in [0.3, 0.4) is 0 Å². The first-order valence-corrected chi connectivity index (χ1v) is 10.4. The normalized spacial score (nSPS) is 13.7. The van der Waals surface area contributed by atoms with Crippen LogP contribution in [0.25, 0.3) is 22.3 Å². The summed E-state index contributed by atoms with van der Waals surface area (Å²) in [6, 6.07) is 17.0. The van der Waals surface area contributed by atoms with E-state index in [0.29, 0.717) is 0 Å². The van der Waals surface area contributed by atoms with Gasteiger partial charge >= 0.3 is 0 Å². The summed E-state index contributed by atoms with van der Waals surface area (Å²) in [5.74, 6) is 0.785. The minimum absolute atomic E-state index is 0.785. The van der Waals surface area contributed by atoms with E-state index in [0.717, 1.165) is 47.7 Å². The summed E-state index contributed by atoms with van der Waals surface area (Å²) in [6.45, 7) is 4.11. The number of para-hydroxylation sites is 1. The molecule has 0 saturated heterocycles. The second kappa shape index (κ2) is 7.66. The molecule has 5 heteroatoms. The maximum atomic E-state index is 4.91. The third kappa shape index (κ3) is 3.86. The average Bonchev–Trinajstić information content (AvgIpc) is 3.47. The van der Waals surface area contributed by atoms with E-state index in [1.807, 2.05) is 23.3 Å². The Balaban J connectivity index is 1.52. The van der Waals surface area contributed by atoms with Gasteiger partial charge in [0.1, 0.15) is 0 Å². The Bertz CT molecular complexity index is 1110. The number of hydrogen-bond donors (Lipinski definition) is 0. The topological polar surface area (TPSA) is 46.8 Å². The van der Waals surface area contributed by atoms with Gasteiger partial charge in [0.15, 0.2) is 0 Å². The van der Waals surface area contributed by atoms with Gasteiger partial charge in [-0.3, -0.25) is 9.67 Å². The van der Waals surface area contributed by atoms with Crippen LogP contribution in [0.15, 0.2) is 67.1 Å². The molecule has 0 unspecified atom stereocenters. The Morgan fingerprint density at radius 1 is 1.00 bits per heavy atom. The molecule has 0 bridgehead atoms.